The molecule has 2 heterocycles. The maximum absolute atomic E-state index is 10.2. The Morgan fingerprint density at radius 1 is 0.914 bits per heavy atom. The first kappa shape index (κ1) is 25.5. The Balaban J connectivity index is 0.00000289. The molecule has 0 spiro atoms. The molecule has 1 fully saturated rings. The van der Waals surface area contributed by atoms with Gasteiger partial charge in [-0.25, -0.2) is 0 Å². The van der Waals surface area contributed by atoms with E-state index in [2.05, 4.69) is 17.0 Å². The molecule has 5 rings (SSSR count). The Morgan fingerprint density at radius 3 is 2.31 bits per heavy atom. The lowest BCUT2D eigenvalue weighted by atomic mass is 9.99. The van der Waals surface area contributed by atoms with Gasteiger partial charge in [0.05, 0.1) is 10.1 Å². The minimum absolute atomic E-state index is 0. The van der Waals surface area contributed by atoms with Gasteiger partial charge in [-0.1, -0.05) is 30.7 Å². The van der Waals surface area contributed by atoms with E-state index >= 15 is 0 Å². The molecule has 2 atom stereocenters. The number of phenols is 2. The smallest absolute Gasteiger partial charge is 0.140 e. The van der Waals surface area contributed by atoms with Crippen LogP contribution in [0, 0.1) is 6.92 Å². The molecule has 0 bridgehead atoms. The molecule has 2 aliphatic rings. The number of fused-ring (bicyclic) bond motifs is 1. The quantitative estimate of drug-likeness (QED) is 0.384. The Morgan fingerprint density at radius 2 is 1.60 bits per heavy atom. The Hall–Kier alpha value is -2.54. The number of hydrogen-bond donors (Lipinski definition) is 2. The fourth-order valence-electron chi connectivity index (χ4n) is 4.66. The van der Waals surface area contributed by atoms with Crippen molar-refractivity contribution in [1.29, 1.82) is 0 Å². The molecule has 0 aliphatic carbocycles. The van der Waals surface area contributed by atoms with Crippen molar-refractivity contribution in [3.63, 3.8) is 0 Å². The zero-order valence-corrected chi connectivity index (χ0v) is 21.5. The maximum Gasteiger partial charge on any atom is 0.140 e. The van der Waals surface area contributed by atoms with Crippen molar-refractivity contribution in [1.82, 2.24) is 4.90 Å². The van der Waals surface area contributed by atoms with Crippen LogP contribution in [0.3, 0.4) is 0 Å². The van der Waals surface area contributed by atoms with Crippen LogP contribution in [0.2, 0.25) is 0 Å². The molecule has 3 aromatic carbocycles. The van der Waals surface area contributed by atoms with Crippen molar-refractivity contribution < 1.29 is 19.7 Å². The summed E-state index contributed by atoms with van der Waals surface area (Å²) in [5.74, 6) is 2.07. The third kappa shape index (κ3) is 5.83. The standard InChI is InChI=1S/C28H31NO4S.ClH/c1-19-24(31)13-14-25-26(19)33-27(28(34-25)21-5-9-22(30)10-6-21)20-7-11-23(12-8-20)32-18-17-29-15-3-2-4-16-29;/h5-14,27-28,30-31H,2-4,15-18H2,1H3;1H. The molecule has 35 heavy (non-hydrogen) atoms. The summed E-state index contributed by atoms with van der Waals surface area (Å²) in [7, 11) is 0. The summed E-state index contributed by atoms with van der Waals surface area (Å²) in [5, 5.41) is 20.0. The first-order chi connectivity index (χ1) is 16.6. The largest absolute Gasteiger partial charge is 0.508 e. The van der Waals surface area contributed by atoms with Crippen LogP contribution in [-0.2, 0) is 0 Å². The molecule has 0 radical (unpaired) electrons. The maximum atomic E-state index is 10.2. The monoisotopic (exact) mass is 513 g/mol. The molecular formula is C28H32ClNO4S. The van der Waals surface area contributed by atoms with E-state index in [0.717, 1.165) is 39.6 Å². The van der Waals surface area contributed by atoms with Gasteiger partial charge < -0.3 is 19.7 Å². The summed E-state index contributed by atoms with van der Waals surface area (Å²) in [6.45, 7) is 5.89. The highest BCUT2D eigenvalue weighted by molar-refractivity contribution is 7.99. The lowest BCUT2D eigenvalue weighted by Gasteiger charge is -2.34. The van der Waals surface area contributed by atoms with Gasteiger partial charge in [0.15, 0.2) is 0 Å². The number of nitrogens with zero attached hydrogens (tertiary/aromatic N) is 1. The zero-order valence-electron chi connectivity index (χ0n) is 19.9. The number of halogens is 1. The zero-order chi connectivity index (χ0) is 23.5. The van der Waals surface area contributed by atoms with Crippen molar-refractivity contribution in [3.05, 3.63) is 77.4 Å². The number of ether oxygens (including phenoxy) is 2. The Labute approximate surface area is 217 Å². The van der Waals surface area contributed by atoms with E-state index in [4.69, 9.17) is 9.47 Å². The molecule has 7 heteroatoms. The third-order valence-corrected chi connectivity index (χ3v) is 8.02. The average Bonchev–Trinajstić information content (AvgIpc) is 2.87. The first-order valence-corrected chi connectivity index (χ1v) is 12.9. The molecule has 3 aromatic rings. The Bertz CT molecular complexity index is 1120. The molecule has 0 amide bonds. The van der Waals surface area contributed by atoms with Gasteiger partial charge in [-0.05, 0) is 80.4 Å². The van der Waals surface area contributed by atoms with Crippen LogP contribution in [0.25, 0.3) is 0 Å². The second kappa shape index (κ2) is 11.5. The van der Waals surface area contributed by atoms with Gasteiger partial charge >= 0.3 is 0 Å². The summed E-state index contributed by atoms with van der Waals surface area (Å²) in [6.07, 6.45) is 3.67. The molecule has 1 saturated heterocycles. The molecule has 0 saturated carbocycles. The van der Waals surface area contributed by atoms with Gasteiger partial charge in [0, 0.05) is 12.1 Å². The minimum atomic E-state index is -0.245. The van der Waals surface area contributed by atoms with Gasteiger partial charge in [0.2, 0.25) is 0 Å². The van der Waals surface area contributed by atoms with Crippen molar-refractivity contribution in [2.75, 3.05) is 26.2 Å². The van der Waals surface area contributed by atoms with Crippen LogP contribution in [-0.4, -0.2) is 41.4 Å². The summed E-state index contributed by atoms with van der Waals surface area (Å²) in [5.41, 5.74) is 2.87. The number of likely N-dealkylation sites (tertiary alicyclic amines) is 1. The number of piperidine rings is 1. The van der Waals surface area contributed by atoms with Gasteiger partial charge in [-0.3, -0.25) is 4.90 Å². The second-order valence-corrected chi connectivity index (χ2v) is 10.2. The molecule has 5 nitrogen and oxygen atoms in total. The van der Waals surface area contributed by atoms with E-state index in [1.165, 1.54) is 32.4 Å². The predicted octanol–water partition coefficient (Wildman–Crippen LogP) is 6.66. The van der Waals surface area contributed by atoms with Gasteiger partial charge in [0.1, 0.15) is 35.7 Å². The predicted molar refractivity (Wildman–Crippen MR) is 142 cm³/mol. The lowest BCUT2D eigenvalue weighted by Crippen LogP contribution is -2.33. The highest BCUT2D eigenvalue weighted by Crippen LogP contribution is 2.55. The molecule has 2 aliphatic heterocycles. The van der Waals surface area contributed by atoms with Crippen molar-refractivity contribution in [2.24, 2.45) is 0 Å². The number of rotatable bonds is 6. The molecule has 0 aromatic heterocycles. The minimum Gasteiger partial charge on any atom is -0.508 e. The summed E-state index contributed by atoms with van der Waals surface area (Å²) >= 11 is 1.72. The fraction of sp³-hybridized carbons (Fsp3) is 0.357. The van der Waals surface area contributed by atoms with E-state index in [1.807, 2.05) is 37.3 Å². The van der Waals surface area contributed by atoms with Crippen molar-refractivity contribution in [3.8, 4) is 23.0 Å². The molecular weight excluding hydrogens is 482 g/mol. The fourth-order valence-corrected chi connectivity index (χ4v) is 6.02. The van der Waals surface area contributed by atoms with E-state index in [-0.39, 0.29) is 35.3 Å². The van der Waals surface area contributed by atoms with Crippen molar-refractivity contribution in [2.45, 2.75) is 42.4 Å². The second-order valence-electron chi connectivity index (χ2n) is 9.03. The average molecular weight is 514 g/mol. The molecule has 186 valence electrons. The third-order valence-electron chi connectivity index (χ3n) is 6.67. The van der Waals surface area contributed by atoms with Gasteiger partial charge in [-0.2, -0.15) is 0 Å². The van der Waals surface area contributed by atoms with Crippen LogP contribution >= 0.6 is 24.2 Å². The van der Waals surface area contributed by atoms with E-state index in [9.17, 15) is 10.2 Å². The number of aromatic hydroxyl groups is 2. The first-order valence-electron chi connectivity index (χ1n) is 12.0. The van der Waals surface area contributed by atoms with E-state index in [0.29, 0.717) is 6.61 Å². The normalized spacial score (nSPS) is 19.8. The van der Waals surface area contributed by atoms with Crippen LogP contribution < -0.4 is 9.47 Å². The summed E-state index contributed by atoms with van der Waals surface area (Å²) < 4.78 is 12.6. The van der Waals surface area contributed by atoms with Crippen molar-refractivity contribution >= 4 is 24.2 Å². The Kier molecular flexibility index (Phi) is 8.37. The van der Waals surface area contributed by atoms with E-state index < -0.39 is 0 Å². The van der Waals surface area contributed by atoms with Gasteiger partial charge in [-0.15, -0.1) is 24.2 Å². The van der Waals surface area contributed by atoms with Crippen LogP contribution in [0.5, 0.6) is 23.0 Å². The molecule has 2 unspecified atom stereocenters. The number of phenolic OH excluding ortho intramolecular Hbond substituents is 2. The summed E-state index contributed by atoms with van der Waals surface area (Å²) in [4.78, 5) is 3.48. The topological polar surface area (TPSA) is 62.2 Å². The van der Waals surface area contributed by atoms with E-state index in [1.54, 1.807) is 30.0 Å². The van der Waals surface area contributed by atoms with Crippen LogP contribution in [0.15, 0.2) is 65.6 Å². The number of hydrogen-bond acceptors (Lipinski definition) is 6. The highest BCUT2D eigenvalue weighted by Gasteiger charge is 2.34. The highest BCUT2D eigenvalue weighted by atomic mass is 35.5. The van der Waals surface area contributed by atoms with Crippen LogP contribution in [0.1, 0.15) is 47.3 Å². The SMILES string of the molecule is Cc1c(O)ccc2c1OC(c1ccc(OCCN3CCCCC3)cc1)C(c1ccc(O)cc1)S2.Cl. The molecule has 2 N–H and O–H groups in total. The van der Waals surface area contributed by atoms with Crippen LogP contribution in [0.4, 0.5) is 0 Å². The van der Waals surface area contributed by atoms with Gasteiger partial charge in [0.25, 0.3) is 0 Å². The number of thioether (sulfide) groups is 1. The lowest BCUT2D eigenvalue weighted by molar-refractivity contribution is 0.182. The summed E-state index contributed by atoms with van der Waals surface area (Å²) in [6, 6.07) is 19.1. The number of benzene rings is 3.